The van der Waals surface area contributed by atoms with Gasteiger partial charge in [-0.05, 0) is 25.5 Å². The van der Waals surface area contributed by atoms with Crippen LogP contribution in [0.3, 0.4) is 0 Å². The predicted molar refractivity (Wildman–Crippen MR) is 60.7 cm³/mol. The van der Waals surface area contributed by atoms with E-state index in [9.17, 15) is 9.46 Å². The fourth-order valence-corrected chi connectivity index (χ4v) is 3.04. The second-order valence-corrected chi connectivity index (χ2v) is 6.44. The lowest BCUT2D eigenvalue weighted by Crippen LogP contribution is -2.08. The quantitative estimate of drug-likeness (QED) is 0.640. The fraction of sp³-hybridized carbons (Fsp3) is 0.400. The first-order chi connectivity index (χ1) is 6.52. The summed E-state index contributed by atoms with van der Waals surface area (Å²) in [5, 5.41) is 0.455. The van der Waals surface area contributed by atoms with E-state index < -0.39 is 7.37 Å². The van der Waals surface area contributed by atoms with E-state index in [2.05, 4.69) is 0 Å². The first-order valence-corrected chi connectivity index (χ1v) is 6.82. The fourth-order valence-electron chi connectivity index (χ4n) is 1.14. The van der Waals surface area contributed by atoms with Gasteiger partial charge < -0.3 is 4.89 Å². The molecule has 1 N–H and O–H groups in total. The highest BCUT2D eigenvalue weighted by Gasteiger charge is 2.20. The molecule has 14 heavy (non-hydrogen) atoms. The summed E-state index contributed by atoms with van der Waals surface area (Å²) in [6, 6.07) is 8.72. The van der Waals surface area contributed by atoms with Gasteiger partial charge in [0.25, 0.3) is 0 Å². The normalized spacial score (nSPS) is 17.4. The highest BCUT2D eigenvalue weighted by Crippen LogP contribution is 2.40. The smallest absolute Gasteiger partial charge is 0.229 e. The summed E-state index contributed by atoms with van der Waals surface area (Å²) in [5.41, 5.74) is 0. The zero-order valence-corrected chi connectivity index (χ0v) is 9.71. The van der Waals surface area contributed by atoms with E-state index in [0.717, 1.165) is 0 Å². The number of hydrogen-bond acceptors (Lipinski definition) is 1. The van der Waals surface area contributed by atoms with Crippen molar-refractivity contribution < 1.29 is 9.46 Å². The second-order valence-electron chi connectivity index (χ2n) is 3.33. The maximum Gasteiger partial charge on any atom is 0.229 e. The molecule has 0 aliphatic carbocycles. The van der Waals surface area contributed by atoms with E-state index >= 15 is 0 Å². The Morgan fingerprint density at radius 1 is 1.43 bits per heavy atom. The van der Waals surface area contributed by atoms with Gasteiger partial charge in [0.1, 0.15) is 0 Å². The zero-order valence-electron chi connectivity index (χ0n) is 8.06. The van der Waals surface area contributed by atoms with Gasteiger partial charge in [-0.3, -0.25) is 4.57 Å². The van der Waals surface area contributed by atoms with Gasteiger partial charge in [-0.25, -0.2) is 0 Å². The molecular formula is C10H14ClO2P. The maximum atomic E-state index is 11.8. The van der Waals surface area contributed by atoms with Crippen LogP contribution in [-0.2, 0) is 4.57 Å². The minimum atomic E-state index is -3.18. The van der Waals surface area contributed by atoms with Crippen molar-refractivity contribution in [1.29, 1.82) is 0 Å². The van der Waals surface area contributed by atoms with Crippen LogP contribution in [-0.4, -0.2) is 16.4 Å². The SMILES string of the molecule is CC(Cl)CCP(=O)(O)c1ccccc1. The van der Waals surface area contributed by atoms with Crippen molar-refractivity contribution >= 4 is 24.3 Å². The molecule has 0 aliphatic rings. The van der Waals surface area contributed by atoms with Crippen molar-refractivity contribution in [2.45, 2.75) is 18.7 Å². The Hall–Kier alpha value is -0.300. The van der Waals surface area contributed by atoms with Crippen LogP contribution in [0.25, 0.3) is 0 Å². The highest BCUT2D eigenvalue weighted by molar-refractivity contribution is 7.66. The summed E-state index contributed by atoms with van der Waals surface area (Å²) in [7, 11) is -3.18. The molecule has 0 heterocycles. The van der Waals surface area contributed by atoms with Gasteiger partial charge in [-0.1, -0.05) is 18.2 Å². The van der Waals surface area contributed by atoms with Crippen molar-refractivity contribution in [2.75, 3.05) is 6.16 Å². The van der Waals surface area contributed by atoms with Crippen molar-refractivity contribution in [3.8, 4) is 0 Å². The van der Waals surface area contributed by atoms with Crippen LogP contribution in [0.15, 0.2) is 30.3 Å². The molecule has 2 unspecified atom stereocenters. The van der Waals surface area contributed by atoms with Crippen LogP contribution in [0.5, 0.6) is 0 Å². The monoisotopic (exact) mass is 232 g/mol. The summed E-state index contributed by atoms with van der Waals surface area (Å²) in [6.45, 7) is 1.83. The number of halogens is 1. The number of rotatable bonds is 4. The molecule has 0 spiro atoms. The third-order valence-corrected chi connectivity index (χ3v) is 4.18. The molecule has 4 heteroatoms. The van der Waals surface area contributed by atoms with Crippen LogP contribution >= 0.6 is 19.0 Å². The highest BCUT2D eigenvalue weighted by atomic mass is 35.5. The molecule has 1 rings (SSSR count). The first-order valence-electron chi connectivity index (χ1n) is 4.54. The van der Waals surface area contributed by atoms with E-state index in [1.165, 1.54) is 0 Å². The molecule has 0 aliphatic heterocycles. The van der Waals surface area contributed by atoms with Crippen LogP contribution in [0.1, 0.15) is 13.3 Å². The molecule has 0 bridgehead atoms. The van der Waals surface area contributed by atoms with Crippen molar-refractivity contribution in [1.82, 2.24) is 0 Å². The molecule has 2 nitrogen and oxygen atoms in total. The first kappa shape index (κ1) is 11.8. The Bertz CT molecular complexity index is 324. The maximum absolute atomic E-state index is 11.8. The lowest BCUT2D eigenvalue weighted by Gasteiger charge is -2.12. The summed E-state index contributed by atoms with van der Waals surface area (Å²) in [6.07, 6.45) is 0.811. The Kier molecular flexibility index (Phi) is 4.18. The summed E-state index contributed by atoms with van der Waals surface area (Å²) < 4.78 is 11.8. The standard InChI is InChI=1S/C10H14ClO2P/c1-9(11)7-8-14(12,13)10-5-3-2-4-6-10/h2-6,9H,7-8H2,1H3,(H,12,13). The molecule has 0 amide bonds. The molecule has 0 fully saturated rings. The average Bonchev–Trinajstić information content (AvgIpc) is 2.16. The number of benzene rings is 1. The summed E-state index contributed by atoms with van der Waals surface area (Å²) in [4.78, 5) is 9.73. The van der Waals surface area contributed by atoms with Gasteiger partial charge in [-0.2, -0.15) is 0 Å². The average molecular weight is 233 g/mol. The van der Waals surface area contributed by atoms with Gasteiger partial charge >= 0.3 is 0 Å². The minimum Gasteiger partial charge on any atom is -0.341 e. The molecule has 0 saturated carbocycles. The van der Waals surface area contributed by atoms with Gasteiger partial charge in [0.2, 0.25) is 7.37 Å². The largest absolute Gasteiger partial charge is 0.341 e. The van der Waals surface area contributed by atoms with Crippen LogP contribution in [0.4, 0.5) is 0 Å². The lowest BCUT2D eigenvalue weighted by molar-refractivity contribution is 0.487. The lowest BCUT2D eigenvalue weighted by atomic mass is 10.4. The summed E-state index contributed by atoms with van der Waals surface area (Å²) >= 11 is 5.74. The van der Waals surface area contributed by atoms with E-state index in [1.54, 1.807) is 24.3 Å². The third kappa shape index (κ3) is 3.45. The Morgan fingerprint density at radius 3 is 2.50 bits per heavy atom. The van der Waals surface area contributed by atoms with Crippen LogP contribution < -0.4 is 5.30 Å². The van der Waals surface area contributed by atoms with E-state index in [-0.39, 0.29) is 11.5 Å². The molecule has 1 aromatic carbocycles. The Morgan fingerprint density at radius 2 is 2.00 bits per heavy atom. The second kappa shape index (κ2) is 4.97. The van der Waals surface area contributed by atoms with Gasteiger partial charge in [-0.15, -0.1) is 11.6 Å². The van der Waals surface area contributed by atoms with E-state index in [0.29, 0.717) is 11.7 Å². The van der Waals surface area contributed by atoms with Crippen molar-refractivity contribution in [2.24, 2.45) is 0 Å². The third-order valence-electron chi connectivity index (χ3n) is 1.99. The number of alkyl halides is 1. The van der Waals surface area contributed by atoms with Crippen molar-refractivity contribution in [3.05, 3.63) is 30.3 Å². The zero-order chi connectivity index (χ0) is 10.6. The Labute approximate surface area is 89.4 Å². The van der Waals surface area contributed by atoms with Gasteiger partial charge in [0, 0.05) is 16.8 Å². The summed E-state index contributed by atoms with van der Waals surface area (Å²) in [5.74, 6) is 0. The van der Waals surface area contributed by atoms with E-state index in [4.69, 9.17) is 11.6 Å². The minimum absolute atomic E-state index is 0.0563. The van der Waals surface area contributed by atoms with Gasteiger partial charge in [0.05, 0.1) is 0 Å². The van der Waals surface area contributed by atoms with E-state index in [1.807, 2.05) is 13.0 Å². The molecule has 0 aromatic heterocycles. The van der Waals surface area contributed by atoms with Crippen molar-refractivity contribution in [3.63, 3.8) is 0 Å². The Balaban J connectivity index is 2.71. The molecule has 0 saturated heterocycles. The van der Waals surface area contributed by atoms with Crippen LogP contribution in [0.2, 0.25) is 0 Å². The predicted octanol–water partition coefficient (Wildman–Crippen LogP) is 2.60. The van der Waals surface area contributed by atoms with Crippen LogP contribution in [0, 0.1) is 0 Å². The molecule has 2 atom stereocenters. The molecule has 0 radical (unpaired) electrons. The topological polar surface area (TPSA) is 37.3 Å². The molecular weight excluding hydrogens is 219 g/mol. The number of hydrogen-bond donors (Lipinski definition) is 1. The molecule has 78 valence electrons. The molecule has 1 aromatic rings. The van der Waals surface area contributed by atoms with Gasteiger partial charge in [0.15, 0.2) is 0 Å².